The normalized spacial score (nSPS) is 34.6. The Bertz CT molecular complexity index is 760. The highest BCUT2D eigenvalue weighted by molar-refractivity contribution is 5.98. The molecule has 5 atom stereocenters. The van der Waals surface area contributed by atoms with Crippen molar-refractivity contribution in [2.24, 2.45) is 23.0 Å². The van der Waals surface area contributed by atoms with Crippen LogP contribution < -0.4 is 5.73 Å². The molecule has 1 unspecified atom stereocenters. The highest BCUT2D eigenvalue weighted by atomic mass is 19.4. The van der Waals surface area contributed by atoms with Crippen molar-refractivity contribution in [3.05, 3.63) is 35.4 Å². The van der Waals surface area contributed by atoms with Crippen LogP contribution in [0, 0.1) is 17.3 Å². The Morgan fingerprint density at radius 1 is 1.15 bits per heavy atom. The summed E-state index contributed by atoms with van der Waals surface area (Å²) in [7, 11) is 0. The van der Waals surface area contributed by atoms with Gasteiger partial charge in [-0.1, -0.05) is 24.3 Å². The van der Waals surface area contributed by atoms with E-state index < -0.39 is 23.4 Å². The molecule has 0 aliphatic heterocycles. The molecule has 3 nitrogen and oxygen atoms in total. The number of carbonyl (C=O) groups excluding carboxylic acids is 2. The van der Waals surface area contributed by atoms with Crippen LogP contribution in [0.15, 0.2) is 24.3 Å². The molecule has 1 aromatic carbocycles. The first kappa shape index (κ1) is 17.7. The van der Waals surface area contributed by atoms with Crippen LogP contribution in [0.4, 0.5) is 13.2 Å². The second kappa shape index (κ2) is 5.91. The molecule has 0 spiro atoms. The summed E-state index contributed by atoms with van der Waals surface area (Å²) in [5.74, 6) is -2.06. The van der Waals surface area contributed by atoms with E-state index in [9.17, 15) is 22.8 Å². The van der Waals surface area contributed by atoms with Crippen molar-refractivity contribution in [1.29, 1.82) is 0 Å². The molecule has 2 N–H and O–H groups in total. The molecule has 0 bridgehead atoms. The predicted octanol–water partition coefficient (Wildman–Crippen LogP) is 3.55. The minimum absolute atomic E-state index is 0.122. The third-order valence-electron chi connectivity index (χ3n) is 7.08. The van der Waals surface area contributed by atoms with E-state index in [4.69, 9.17) is 5.73 Å². The van der Waals surface area contributed by atoms with Crippen molar-refractivity contribution in [1.82, 2.24) is 0 Å². The van der Waals surface area contributed by atoms with Gasteiger partial charge in [-0.3, -0.25) is 9.59 Å². The number of benzene rings is 1. The Labute approximate surface area is 150 Å². The van der Waals surface area contributed by atoms with Crippen LogP contribution in [-0.2, 0) is 16.0 Å². The topological polar surface area (TPSA) is 60.2 Å². The van der Waals surface area contributed by atoms with Crippen LogP contribution in [0.3, 0.4) is 0 Å². The Morgan fingerprint density at radius 3 is 2.62 bits per heavy atom. The molecule has 0 radical (unpaired) electrons. The summed E-state index contributed by atoms with van der Waals surface area (Å²) < 4.78 is 39.1. The maximum absolute atomic E-state index is 13.0. The second-order valence-electron chi connectivity index (χ2n) is 7.99. The standard InChI is InChI=1S/C20H22F3NO2/c21-20(22,23)18(26)17(24)19-10-9-13-12-4-2-1-3-11(12)5-6-14(13)15(19)7-8-16(19)25/h1-4,13-15,17H,5-10,24H2/t13-,14-,15+,17?,19-/m1/s1. The summed E-state index contributed by atoms with van der Waals surface area (Å²) in [5.41, 5.74) is 7.09. The highest BCUT2D eigenvalue weighted by Crippen LogP contribution is 2.61. The molecule has 140 valence electrons. The van der Waals surface area contributed by atoms with Gasteiger partial charge < -0.3 is 5.73 Å². The van der Waals surface area contributed by atoms with E-state index in [1.54, 1.807) is 0 Å². The van der Waals surface area contributed by atoms with Crippen LogP contribution in [0.1, 0.15) is 49.1 Å². The minimum Gasteiger partial charge on any atom is -0.320 e. The molecule has 2 fully saturated rings. The number of hydrogen-bond acceptors (Lipinski definition) is 3. The van der Waals surface area contributed by atoms with Gasteiger partial charge in [-0.25, -0.2) is 0 Å². The number of ketones is 2. The molecular weight excluding hydrogens is 343 g/mol. The van der Waals surface area contributed by atoms with Crippen molar-refractivity contribution < 1.29 is 22.8 Å². The van der Waals surface area contributed by atoms with Crippen LogP contribution in [0.5, 0.6) is 0 Å². The lowest BCUT2D eigenvalue weighted by Crippen LogP contribution is -2.60. The van der Waals surface area contributed by atoms with Gasteiger partial charge in [0.25, 0.3) is 5.78 Å². The second-order valence-corrected chi connectivity index (χ2v) is 7.99. The average Bonchev–Trinajstić information content (AvgIpc) is 2.97. The van der Waals surface area contributed by atoms with Crippen molar-refractivity contribution in [2.45, 2.75) is 56.7 Å². The third kappa shape index (κ3) is 2.38. The van der Waals surface area contributed by atoms with Gasteiger partial charge in [0.15, 0.2) is 0 Å². The molecule has 0 amide bonds. The summed E-state index contributed by atoms with van der Waals surface area (Å²) in [4.78, 5) is 24.6. The molecule has 3 aliphatic carbocycles. The number of alkyl halides is 3. The first-order valence-corrected chi connectivity index (χ1v) is 9.24. The third-order valence-corrected chi connectivity index (χ3v) is 7.08. The first-order valence-electron chi connectivity index (χ1n) is 9.24. The quantitative estimate of drug-likeness (QED) is 0.872. The van der Waals surface area contributed by atoms with E-state index in [2.05, 4.69) is 12.1 Å². The van der Waals surface area contributed by atoms with Crippen molar-refractivity contribution >= 4 is 11.6 Å². The van der Waals surface area contributed by atoms with E-state index in [0.717, 1.165) is 12.8 Å². The Kier molecular flexibility index (Phi) is 4.03. The number of hydrogen-bond donors (Lipinski definition) is 1. The zero-order valence-electron chi connectivity index (χ0n) is 14.4. The Balaban J connectivity index is 1.72. The average molecular weight is 365 g/mol. The largest absolute Gasteiger partial charge is 0.451 e. The van der Waals surface area contributed by atoms with Gasteiger partial charge in [0.2, 0.25) is 0 Å². The highest BCUT2D eigenvalue weighted by Gasteiger charge is 2.63. The lowest BCUT2D eigenvalue weighted by Gasteiger charge is -2.51. The lowest BCUT2D eigenvalue weighted by atomic mass is 9.52. The summed E-state index contributed by atoms with van der Waals surface area (Å²) in [5, 5.41) is 0. The number of nitrogens with two attached hydrogens (primary N) is 1. The lowest BCUT2D eigenvalue weighted by molar-refractivity contribution is -0.178. The van der Waals surface area contributed by atoms with Gasteiger partial charge in [-0.15, -0.1) is 0 Å². The molecule has 2 saturated carbocycles. The van der Waals surface area contributed by atoms with E-state index in [-0.39, 0.29) is 36.4 Å². The van der Waals surface area contributed by atoms with Crippen LogP contribution >= 0.6 is 0 Å². The summed E-state index contributed by atoms with van der Waals surface area (Å²) >= 11 is 0. The van der Waals surface area contributed by atoms with Gasteiger partial charge in [0.1, 0.15) is 5.78 Å². The van der Waals surface area contributed by atoms with E-state index >= 15 is 0 Å². The number of carbonyl (C=O) groups is 2. The predicted molar refractivity (Wildman–Crippen MR) is 89.4 cm³/mol. The molecule has 0 heterocycles. The monoisotopic (exact) mass is 365 g/mol. The molecule has 1 aromatic rings. The van der Waals surface area contributed by atoms with E-state index in [1.807, 2.05) is 12.1 Å². The number of aryl methyl sites for hydroxylation is 1. The fourth-order valence-electron chi connectivity index (χ4n) is 6.00. The van der Waals surface area contributed by atoms with Crippen molar-refractivity contribution in [3.63, 3.8) is 0 Å². The first-order chi connectivity index (χ1) is 12.3. The van der Waals surface area contributed by atoms with Gasteiger partial charge in [-0.05, 0) is 61.0 Å². The zero-order valence-corrected chi connectivity index (χ0v) is 14.4. The van der Waals surface area contributed by atoms with Crippen molar-refractivity contribution in [3.8, 4) is 0 Å². The molecule has 4 rings (SSSR count). The zero-order chi connectivity index (χ0) is 18.7. The number of halogens is 3. The van der Waals surface area contributed by atoms with Gasteiger partial charge in [0.05, 0.1) is 11.5 Å². The summed E-state index contributed by atoms with van der Waals surface area (Å²) in [6, 6.07) is 6.41. The number of rotatable bonds is 2. The Hall–Kier alpha value is -1.69. The SMILES string of the molecule is NC(C(=O)C(F)(F)F)[C@]12CC[C@@H]3c4ccccc4CC[C@H]3[C@@H]1CCC2=O. The molecule has 0 saturated heterocycles. The molecule has 26 heavy (non-hydrogen) atoms. The number of fused-ring (bicyclic) bond motifs is 5. The fourth-order valence-corrected chi connectivity index (χ4v) is 6.00. The van der Waals surface area contributed by atoms with Gasteiger partial charge in [-0.2, -0.15) is 13.2 Å². The summed E-state index contributed by atoms with van der Waals surface area (Å²) in [6.07, 6.45) is -1.64. The molecule has 3 aliphatic rings. The molecule has 0 aromatic heterocycles. The van der Waals surface area contributed by atoms with Gasteiger partial charge in [0, 0.05) is 6.42 Å². The van der Waals surface area contributed by atoms with Crippen LogP contribution in [0.2, 0.25) is 0 Å². The molecule has 6 heteroatoms. The fraction of sp³-hybridized carbons (Fsp3) is 0.600. The Morgan fingerprint density at radius 2 is 1.88 bits per heavy atom. The van der Waals surface area contributed by atoms with Crippen LogP contribution in [0.25, 0.3) is 0 Å². The maximum atomic E-state index is 13.0. The smallest absolute Gasteiger partial charge is 0.320 e. The van der Waals surface area contributed by atoms with E-state index in [1.165, 1.54) is 11.1 Å². The molecular formula is C20H22F3NO2. The van der Waals surface area contributed by atoms with Gasteiger partial charge >= 0.3 is 6.18 Å². The van der Waals surface area contributed by atoms with Crippen molar-refractivity contribution in [2.75, 3.05) is 0 Å². The van der Waals surface area contributed by atoms with Crippen LogP contribution in [-0.4, -0.2) is 23.8 Å². The maximum Gasteiger partial charge on any atom is 0.451 e. The van der Waals surface area contributed by atoms with E-state index in [0.29, 0.717) is 12.8 Å². The summed E-state index contributed by atoms with van der Waals surface area (Å²) in [6.45, 7) is 0. The number of Topliss-reactive ketones (excluding diaryl/α,β-unsaturated/α-hetero) is 2. The minimum atomic E-state index is -5.00.